The van der Waals surface area contributed by atoms with Gasteiger partial charge in [0.25, 0.3) is 5.91 Å². The number of hydrogen-bond donors (Lipinski definition) is 2. The van der Waals surface area contributed by atoms with Crippen molar-refractivity contribution in [2.24, 2.45) is 0 Å². The number of aromatic nitrogens is 2. The van der Waals surface area contributed by atoms with E-state index >= 15 is 0 Å². The summed E-state index contributed by atoms with van der Waals surface area (Å²) in [5.74, 6) is -0.478. The number of benzene rings is 1. The third kappa shape index (κ3) is 3.91. The lowest BCUT2D eigenvalue weighted by Crippen LogP contribution is -2.24. The molecule has 1 aromatic carbocycles. The Morgan fingerprint density at radius 1 is 1.29 bits per heavy atom. The van der Waals surface area contributed by atoms with E-state index in [1.807, 2.05) is 0 Å². The van der Waals surface area contributed by atoms with Crippen molar-refractivity contribution < 1.29 is 18.0 Å². The molecule has 5 nitrogen and oxygen atoms in total. The highest BCUT2D eigenvalue weighted by Gasteiger charge is 2.30. The maximum atomic E-state index is 12.6. The van der Waals surface area contributed by atoms with Crippen molar-refractivity contribution in [3.05, 3.63) is 53.5 Å². The van der Waals surface area contributed by atoms with Gasteiger partial charge < -0.3 is 11.1 Å². The van der Waals surface area contributed by atoms with E-state index in [0.717, 1.165) is 12.1 Å². The van der Waals surface area contributed by atoms with Crippen LogP contribution in [0.1, 0.15) is 21.6 Å². The standard InChI is InChI=1S/C13H11F3N4O/c14-13(15,16)9-3-1-2-8(4-9)5-19-12(21)10-6-18-7-11(17)20-10/h1-4,6-7H,5H2,(H2,17,20)(H,19,21). The molecular formula is C13H11F3N4O. The lowest BCUT2D eigenvalue weighted by atomic mass is 10.1. The highest BCUT2D eigenvalue weighted by molar-refractivity contribution is 5.92. The Hall–Kier alpha value is -2.64. The number of carbonyl (C=O) groups excluding carboxylic acids is 1. The fourth-order valence-corrected chi connectivity index (χ4v) is 1.62. The number of amides is 1. The summed E-state index contributed by atoms with van der Waals surface area (Å²) < 4.78 is 37.7. The van der Waals surface area contributed by atoms with E-state index in [4.69, 9.17) is 5.73 Å². The largest absolute Gasteiger partial charge is 0.416 e. The van der Waals surface area contributed by atoms with Crippen LogP contribution in [0.5, 0.6) is 0 Å². The van der Waals surface area contributed by atoms with E-state index in [1.54, 1.807) is 0 Å². The molecule has 0 aliphatic rings. The first kappa shape index (κ1) is 14.8. The summed E-state index contributed by atoms with van der Waals surface area (Å²) in [5.41, 5.74) is 4.96. The third-order valence-corrected chi connectivity index (χ3v) is 2.59. The van der Waals surface area contributed by atoms with Gasteiger partial charge in [-0.25, -0.2) is 4.98 Å². The number of hydrogen-bond acceptors (Lipinski definition) is 4. The van der Waals surface area contributed by atoms with E-state index in [0.29, 0.717) is 5.56 Å². The van der Waals surface area contributed by atoms with Crippen LogP contribution in [0.4, 0.5) is 19.0 Å². The van der Waals surface area contributed by atoms with Crippen molar-refractivity contribution >= 4 is 11.7 Å². The smallest absolute Gasteiger partial charge is 0.382 e. The average molecular weight is 296 g/mol. The van der Waals surface area contributed by atoms with Gasteiger partial charge in [-0.05, 0) is 17.7 Å². The van der Waals surface area contributed by atoms with Crippen LogP contribution >= 0.6 is 0 Å². The number of rotatable bonds is 3. The lowest BCUT2D eigenvalue weighted by molar-refractivity contribution is -0.137. The summed E-state index contributed by atoms with van der Waals surface area (Å²) in [4.78, 5) is 19.2. The minimum absolute atomic E-state index is 0.00183. The molecule has 0 atom stereocenters. The van der Waals surface area contributed by atoms with Crippen LogP contribution in [-0.2, 0) is 12.7 Å². The zero-order chi connectivity index (χ0) is 15.5. The highest BCUT2D eigenvalue weighted by Crippen LogP contribution is 2.29. The van der Waals surface area contributed by atoms with Crippen LogP contribution in [0.2, 0.25) is 0 Å². The Bertz CT molecular complexity index is 658. The highest BCUT2D eigenvalue weighted by atomic mass is 19.4. The SMILES string of the molecule is Nc1cncc(C(=O)NCc2cccc(C(F)(F)F)c2)n1. The van der Waals surface area contributed by atoms with Crippen LogP contribution in [0.3, 0.4) is 0 Å². The van der Waals surface area contributed by atoms with Gasteiger partial charge >= 0.3 is 6.18 Å². The van der Waals surface area contributed by atoms with Crippen molar-refractivity contribution in [2.45, 2.75) is 12.7 Å². The number of nitrogens with one attached hydrogen (secondary N) is 1. The maximum Gasteiger partial charge on any atom is 0.416 e. The number of nitrogen functional groups attached to an aromatic ring is 1. The van der Waals surface area contributed by atoms with E-state index in [2.05, 4.69) is 15.3 Å². The van der Waals surface area contributed by atoms with Gasteiger partial charge in [-0.1, -0.05) is 12.1 Å². The number of halogens is 3. The molecule has 3 N–H and O–H groups in total. The molecule has 0 radical (unpaired) electrons. The van der Waals surface area contributed by atoms with Gasteiger partial charge in [0, 0.05) is 6.54 Å². The molecule has 0 aliphatic heterocycles. The molecule has 2 aromatic rings. The first-order valence-electron chi connectivity index (χ1n) is 5.88. The normalized spacial score (nSPS) is 11.2. The Morgan fingerprint density at radius 3 is 2.71 bits per heavy atom. The van der Waals surface area contributed by atoms with Crippen molar-refractivity contribution in [3.63, 3.8) is 0 Å². The number of nitrogens with two attached hydrogens (primary N) is 1. The van der Waals surface area contributed by atoms with Crippen molar-refractivity contribution in [2.75, 3.05) is 5.73 Å². The second kappa shape index (κ2) is 5.78. The molecule has 1 amide bonds. The minimum atomic E-state index is -4.42. The van der Waals surface area contributed by atoms with Gasteiger partial charge in [-0.15, -0.1) is 0 Å². The molecule has 0 fully saturated rings. The zero-order valence-electron chi connectivity index (χ0n) is 10.7. The number of anilines is 1. The van der Waals surface area contributed by atoms with E-state index < -0.39 is 17.6 Å². The van der Waals surface area contributed by atoms with Gasteiger partial charge in [0.15, 0.2) is 0 Å². The van der Waals surface area contributed by atoms with Crippen molar-refractivity contribution in [1.29, 1.82) is 0 Å². The van der Waals surface area contributed by atoms with Crippen molar-refractivity contribution in [1.82, 2.24) is 15.3 Å². The quantitative estimate of drug-likeness (QED) is 0.908. The molecular weight excluding hydrogens is 285 g/mol. The predicted octanol–water partition coefficient (Wildman–Crippen LogP) is 2.01. The average Bonchev–Trinajstić information content (AvgIpc) is 2.44. The Kier molecular flexibility index (Phi) is 4.06. The summed E-state index contributed by atoms with van der Waals surface area (Å²) in [7, 11) is 0. The summed E-state index contributed by atoms with van der Waals surface area (Å²) in [6.45, 7) is -0.0563. The second-order valence-corrected chi connectivity index (χ2v) is 4.21. The minimum Gasteiger partial charge on any atom is -0.382 e. The summed E-state index contributed by atoms with van der Waals surface area (Å²) in [5, 5.41) is 2.46. The monoisotopic (exact) mass is 296 g/mol. The molecule has 0 aliphatic carbocycles. The zero-order valence-corrected chi connectivity index (χ0v) is 10.7. The van der Waals surface area contributed by atoms with Crippen LogP contribution in [0, 0.1) is 0 Å². The Balaban J connectivity index is 2.05. The molecule has 0 unspecified atom stereocenters. The topological polar surface area (TPSA) is 80.9 Å². The fourth-order valence-electron chi connectivity index (χ4n) is 1.62. The second-order valence-electron chi connectivity index (χ2n) is 4.21. The lowest BCUT2D eigenvalue weighted by Gasteiger charge is -2.09. The molecule has 0 spiro atoms. The van der Waals surface area contributed by atoms with Crippen LogP contribution in [0.25, 0.3) is 0 Å². The van der Waals surface area contributed by atoms with Gasteiger partial charge in [0.1, 0.15) is 11.5 Å². The molecule has 2 rings (SSSR count). The van der Waals surface area contributed by atoms with Crippen LogP contribution in [-0.4, -0.2) is 15.9 Å². The molecule has 8 heteroatoms. The summed E-state index contributed by atoms with van der Waals surface area (Å²) in [6, 6.07) is 4.71. The van der Waals surface area contributed by atoms with E-state index in [1.165, 1.54) is 24.5 Å². The van der Waals surface area contributed by atoms with Crippen LogP contribution < -0.4 is 11.1 Å². The number of alkyl halides is 3. The molecule has 1 heterocycles. The molecule has 0 bridgehead atoms. The predicted molar refractivity (Wildman–Crippen MR) is 69.1 cm³/mol. The fraction of sp³-hybridized carbons (Fsp3) is 0.154. The van der Waals surface area contributed by atoms with Crippen LogP contribution in [0.15, 0.2) is 36.7 Å². The number of nitrogens with zero attached hydrogens (tertiary/aromatic N) is 2. The molecule has 21 heavy (non-hydrogen) atoms. The van der Waals surface area contributed by atoms with Gasteiger partial charge in [0.2, 0.25) is 0 Å². The van der Waals surface area contributed by atoms with Gasteiger partial charge in [0.05, 0.1) is 18.0 Å². The first-order chi connectivity index (χ1) is 9.86. The van der Waals surface area contributed by atoms with E-state index in [-0.39, 0.29) is 18.1 Å². The third-order valence-electron chi connectivity index (χ3n) is 2.59. The molecule has 1 aromatic heterocycles. The van der Waals surface area contributed by atoms with Gasteiger partial charge in [-0.2, -0.15) is 13.2 Å². The van der Waals surface area contributed by atoms with Gasteiger partial charge in [-0.3, -0.25) is 9.78 Å². The van der Waals surface area contributed by atoms with E-state index in [9.17, 15) is 18.0 Å². The number of carbonyl (C=O) groups is 1. The Morgan fingerprint density at radius 2 is 2.05 bits per heavy atom. The first-order valence-corrected chi connectivity index (χ1v) is 5.88. The molecule has 0 saturated heterocycles. The maximum absolute atomic E-state index is 12.6. The summed E-state index contributed by atoms with van der Waals surface area (Å²) >= 11 is 0. The summed E-state index contributed by atoms with van der Waals surface area (Å²) in [6.07, 6.45) is -1.92. The molecule has 0 saturated carbocycles. The molecule has 110 valence electrons. The van der Waals surface area contributed by atoms with Crippen molar-refractivity contribution in [3.8, 4) is 0 Å². The Labute approximate surface area is 118 Å².